The van der Waals surface area contributed by atoms with Crippen LogP contribution in [0.15, 0.2) is 0 Å². The Morgan fingerprint density at radius 1 is 1.45 bits per heavy atom. The number of ether oxygens (including phenoxy) is 2. The van der Waals surface area contributed by atoms with E-state index in [0.29, 0.717) is 29.5 Å². The van der Waals surface area contributed by atoms with Crippen molar-refractivity contribution in [3.8, 4) is 5.75 Å². The van der Waals surface area contributed by atoms with E-state index in [2.05, 4.69) is 10.6 Å². The van der Waals surface area contributed by atoms with E-state index in [-0.39, 0.29) is 11.9 Å². The van der Waals surface area contributed by atoms with Gasteiger partial charge in [-0.1, -0.05) is 6.92 Å². The van der Waals surface area contributed by atoms with Gasteiger partial charge < -0.3 is 25.8 Å². The SMILES string of the molecule is CCCNC(=O)c1sc(NC(C)COC)c(OC)c1N. The second-order valence-corrected chi connectivity index (χ2v) is 5.48. The van der Waals surface area contributed by atoms with Crippen molar-refractivity contribution in [1.82, 2.24) is 5.32 Å². The zero-order valence-corrected chi connectivity index (χ0v) is 13.2. The van der Waals surface area contributed by atoms with E-state index in [0.717, 1.165) is 11.4 Å². The zero-order chi connectivity index (χ0) is 15.1. The van der Waals surface area contributed by atoms with Gasteiger partial charge in [0.05, 0.1) is 13.7 Å². The molecule has 1 rings (SSSR count). The largest absolute Gasteiger partial charge is 0.492 e. The third-order valence-corrected chi connectivity index (χ3v) is 3.76. The number of anilines is 2. The molecule has 114 valence electrons. The summed E-state index contributed by atoms with van der Waals surface area (Å²) < 4.78 is 10.4. The van der Waals surface area contributed by atoms with Crippen LogP contribution in [0.4, 0.5) is 10.7 Å². The van der Waals surface area contributed by atoms with Gasteiger partial charge in [-0.2, -0.15) is 0 Å². The lowest BCUT2D eigenvalue weighted by atomic mass is 10.3. The molecule has 1 heterocycles. The van der Waals surface area contributed by atoms with E-state index in [9.17, 15) is 4.79 Å². The van der Waals surface area contributed by atoms with E-state index >= 15 is 0 Å². The first kappa shape index (κ1) is 16.6. The standard InChI is InChI=1S/C13H23N3O3S/c1-5-6-15-12(17)11-9(14)10(19-4)13(20-11)16-8(2)7-18-3/h8,16H,5-7,14H2,1-4H3,(H,15,17). The number of nitrogens with one attached hydrogen (secondary N) is 2. The highest BCUT2D eigenvalue weighted by Crippen LogP contribution is 2.42. The summed E-state index contributed by atoms with van der Waals surface area (Å²) in [7, 11) is 3.18. The molecule has 20 heavy (non-hydrogen) atoms. The van der Waals surface area contributed by atoms with E-state index < -0.39 is 0 Å². The molecule has 0 bridgehead atoms. The number of hydrogen-bond donors (Lipinski definition) is 3. The fourth-order valence-corrected chi connectivity index (χ4v) is 2.85. The maximum absolute atomic E-state index is 12.0. The Morgan fingerprint density at radius 3 is 2.70 bits per heavy atom. The quantitative estimate of drug-likeness (QED) is 0.683. The van der Waals surface area contributed by atoms with Crippen LogP contribution in [-0.2, 0) is 4.74 Å². The maximum atomic E-state index is 12.0. The van der Waals surface area contributed by atoms with Crippen molar-refractivity contribution < 1.29 is 14.3 Å². The molecule has 0 aliphatic carbocycles. The number of carbonyl (C=O) groups excluding carboxylic acids is 1. The van der Waals surface area contributed by atoms with Crippen molar-refractivity contribution in [2.24, 2.45) is 0 Å². The van der Waals surface area contributed by atoms with Gasteiger partial charge in [-0.3, -0.25) is 4.79 Å². The number of amides is 1. The van der Waals surface area contributed by atoms with Gasteiger partial charge in [0, 0.05) is 19.7 Å². The van der Waals surface area contributed by atoms with Gasteiger partial charge in [-0.25, -0.2) is 0 Å². The van der Waals surface area contributed by atoms with Gasteiger partial charge in [0.2, 0.25) is 0 Å². The minimum Gasteiger partial charge on any atom is -0.492 e. The van der Waals surface area contributed by atoms with Gasteiger partial charge >= 0.3 is 0 Å². The Kier molecular flexibility index (Phi) is 6.60. The summed E-state index contributed by atoms with van der Waals surface area (Å²) in [6.45, 7) is 5.16. The normalized spacial score (nSPS) is 12.0. The average molecular weight is 301 g/mol. The lowest BCUT2D eigenvalue weighted by molar-refractivity contribution is 0.0958. The summed E-state index contributed by atoms with van der Waals surface area (Å²) in [5, 5.41) is 6.81. The van der Waals surface area contributed by atoms with E-state index in [4.69, 9.17) is 15.2 Å². The fourth-order valence-electron chi connectivity index (χ4n) is 1.73. The van der Waals surface area contributed by atoms with Crippen molar-refractivity contribution in [1.29, 1.82) is 0 Å². The highest BCUT2D eigenvalue weighted by molar-refractivity contribution is 7.19. The third kappa shape index (κ3) is 4.01. The van der Waals surface area contributed by atoms with Crippen LogP contribution in [0.1, 0.15) is 29.9 Å². The molecule has 1 amide bonds. The number of nitrogens with two attached hydrogens (primary N) is 1. The van der Waals surface area contributed by atoms with E-state index in [1.54, 1.807) is 7.11 Å². The lowest BCUT2D eigenvalue weighted by Gasteiger charge is -2.13. The molecule has 7 heteroatoms. The predicted octanol–water partition coefficient (Wildman–Crippen LogP) is 1.93. The van der Waals surface area contributed by atoms with Crippen LogP contribution in [-0.4, -0.2) is 39.3 Å². The number of carbonyl (C=O) groups is 1. The van der Waals surface area contributed by atoms with Gasteiger partial charge in [0.25, 0.3) is 5.91 Å². The summed E-state index contributed by atoms with van der Waals surface area (Å²) in [6.07, 6.45) is 0.879. The summed E-state index contributed by atoms with van der Waals surface area (Å²) >= 11 is 1.29. The van der Waals surface area contributed by atoms with Crippen molar-refractivity contribution in [3.05, 3.63) is 4.88 Å². The number of hydrogen-bond acceptors (Lipinski definition) is 6. The number of rotatable bonds is 8. The van der Waals surface area contributed by atoms with Crippen molar-refractivity contribution in [2.45, 2.75) is 26.3 Å². The molecular weight excluding hydrogens is 278 g/mol. The summed E-state index contributed by atoms with van der Waals surface area (Å²) in [5.74, 6) is 0.347. The first-order valence-electron chi connectivity index (χ1n) is 6.55. The number of nitrogen functional groups attached to an aromatic ring is 1. The summed E-state index contributed by atoms with van der Waals surface area (Å²) in [4.78, 5) is 12.5. The van der Waals surface area contributed by atoms with Crippen LogP contribution >= 0.6 is 11.3 Å². The minimum absolute atomic E-state index is 0.0958. The smallest absolute Gasteiger partial charge is 0.263 e. The number of thiophene rings is 1. The fraction of sp³-hybridized carbons (Fsp3) is 0.615. The zero-order valence-electron chi connectivity index (χ0n) is 12.4. The Labute approximate surface area is 123 Å². The molecule has 0 aliphatic heterocycles. The van der Waals surface area contributed by atoms with Gasteiger partial charge in [-0.05, 0) is 13.3 Å². The maximum Gasteiger partial charge on any atom is 0.263 e. The second-order valence-electron chi connectivity index (χ2n) is 4.46. The summed E-state index contributed by atoms with van der Waals surface area (Å²) in [6, 6.07) is 0.0958. The molecule has 0 fully saturated rings. The van der Waals surface area contributed by atoms with Gasteiger partial charge in [0.15, 0.2) is 5.75 Å². The average Bonchev–Trinajstić information content (AvgIpc) is 2.72. The van der Waals surface area contributed by atoms with E-state index in [1.165, 1.54) is 18.4 Å². The highest BCUT2D eigenvalue weighted by atomic mass is 32.1. The van der Waals surface area contributed by atoms with Crippen LogP contribution < -0.4 is 21.1 Å². The lowest BCUT2D eigenvalue weighted by Crippen LogP contribution is -2.23. The molecule has 0 saturated carbocycles. The minimum atomic E-state index is -0.167. The van der Waals surface area contributed by atoms with Gasteiger partial charge in [0.1, 0.15) is 15.6 Å². The van der Waals surface area contributed by atoms with Crippen LogP contribution in [0.2, 0.25) is 0 Å². The third-order valence-electron chi connectivity index (χ3n) is 2.64. The molecule has 0 spiro atoms. The van der Waals surface area contributed by atoms with Crippen molar-refractivity contribution in [2.75, 3.05) is 38.4 Å². The molecule has 0 saturated heterocycles. The van der Waals surface area contributed by atoms with Crippen LogP contribution in [0.3, 0.4) is 0 Å². The summed E-state index contributed by atoms with van der Waals surface area (Å²) in [5.41, 5.74) is 6.36. The molecule has 6 nitrogen and oxygen atoms in total. The molecular formula is C13H23N3O3S. The molecule has 1 aromatic heterocycles. The van der Waals surface area contributed by atoms with Crippen LogP contribution in [0.25, 0.3) is 0 Å². The van der Waals surface area contributed by atoms with Crippen molar-refractivity contribution in [3.63, 3.8) is 0 Å². The first-order valence-corrected chi connectivity index (χ1v) is 7.36. The predicted molar refractivity (Wildman–Crippen MR) is 82.9 cm³/mol. The molecule has 0 aromatic carbocycles. The molecule has 0 radical (unpaired) electrons. The Bertz CT molecular complexity index is 448. The molecule has 1 aromatic rings. The molecule has 0 aliphatic rings. The first-order chi connectivity index (χ1) is 9.54. The molecule has 1 atom stereocenters. The Morgan fingerprint density at radius 2 is 2.15 bits per heavy atom. The molecule has 1 unspecified atom stereocenters. The van der Waals surface area contributed by atoms with Crippen molar-refractivity contribution >= 4 is 27.9 Å². The van der Waals surface area contributed by atoms with Crippen LogP contribution in [0, 0.1) is 0 Å². The second kappa shape index (κ2) is 7.96. The topological polar surface area (TPSA) is 85.6 Å². The monoisotopic (exact) mass is 301 g/mol. The Hall–Kier alpha value is -1.47. The molecule has 4 N–H and O–H groups in total. The highest BCUT2D eigenvalue weighted by Gasteiger charge is 2.22. The Balaban J connectivity index is 2.93. The number of methoxy groups -OCH3 is 2. The van der Waals surface area contributed by atoms with Gasteiger partial charge in [-0.15, -0.1) is 11.3 Å². The van der Waals surface area contributed by atoms with E-state index in [1.807, 2.05) is 13.8 Å². The van der Waals surface area contributed by atoms with Crippen LogP contribution in [0.5, 0.6) is 5.75 Å².